The summed E-state index contributed by atoms with van der Waals surface area (Å²) in [4.78, 5) is 31.9. The van der Waals surface area contributed by atoms with E-state index in [2.05, 4.69) is 9.97 Å². The first kappa shape index (κ1) is 16.4. The number of pyridine rings is 1. The molecule has 5 nitrogen and oxygen atoms in total. The molecule has 2 aromatic carbocycles. The number of esters is 1. The maximum atomic E-state index is 13.2. The summed E-state index contributed by atoms with van der Waals surface area (Å²) >= 11 is 6.36. The molecule has 4 aromatic rings. The highest BCUT2D eigenvalue weighted by molar-refractivity contribution is 6.34. The van der Waals surface area contributed by atoms with E-state index >= 15 is 0 Å². The monoisotopic (exact) mass is 366 g/mol. The van der Waals surface area contributed by atoms with E-state index in [1.165, 1.54) is 0 Å². The van der Waals surface area contributed by atoms with Gasteiger partial charge in [0.2, 0.25) is 0 Å². The fraction of sp³-hybridized carbons (Fsp3) is 0.100. The molecule has 0 spiro atoms. The van der Waals surface area contributed by atoms with Gasteiger partial charge in [-0.2, -0.15) is 0 Å². The Balaban J connectivity index is 2.17. The number of carbonyl (C=O) groups excluding carboxylic acids is 1. The fourth-order valence-corrected chi connectivity index (χ4v) is 3.40. The average molecular weight is 367 g/mol. The van der Waals surface area contributed by atoms with Crippen LogP contribution in [0.3, 0.4) is 0 Å². The number of aromatic amines is 2. The van der Waals surface area contributed by atoms with Crippen LogP contribution in [0.4, 0.5) is 0 Å². The highest BCUT2D eigenvalue weighted by atomic mass is 35.5. The van der Waals surface area contributed by atoms with Crippen molar-refractivity contribution in [2.45, 2.75) is 6.92 Å². The number of rotatable bonds is 3. The quantitative estimate of drug-likeness (QED) is 0.524. The van der Waals surface area contributed by atoms with Crippen LogP contribution in [0.2, 0.25) is 5.02 Å². The lowest BCUT2D eigenvalue weighted by molar-refractivity contribution is 0.0521. The molecule has 2 aromatic heterocycles. The van der Waals surface area contributed by atoms with Crippen molar-refractivity contribution >= 4 is 39.5 Å². The van der Waals surface area contributed by atoms with Crippen molar-refractivity contribution in [3.05, 3.63) is 69.5 Å². The van der Waals surface area contributed by atoms with Gasteiger partial charge in [0.25, 0.3) is 0 Å². The van der Waals surface area contributed by atoms with Gasteiger partial charge in [0.15, 0.2) is 5.43 Å². The number of hydrogen-bond donors (Lipinski definition) is 2. The number of nitrogens with one attached hydrogen (secondary N) is 2. The van der Waals surface area contributed by atoms with Crippen molar-refractivity contribution in [2.75, 3.05) is 6.61 Å². The number of aromatic nitrogens is 2. The van der Waals surface area contributed by atoms with Gasteiger partial charge in [0.05, 0.1) is 17.5 Å². The van der Waals surface area contributed by atoms with Gasteiger partial charge in [-0.25, -0.2) is 4.79 Å². The van der Waals surface area contributed by atoms with Crippen molar-refractivity contribution in [1.82, 2.24) is 9.97 Å². The molecule has 130 valence electrons. The molecular weight excluding hydrogens is 352 g/mol. The molecule has 0 saturated heterocycles. The van der Waals surface area contributed by atoms with Crippen molar-refractivity contribution in [2.24, 2.45) is 0 Å². The number of para-hydroxylation sites is 1. The maximum Gasteiger partial charge on any atom is 0.355 e. The van der Waals surface area contributed by atoms with Crippen LogP contribution < -0.4 is 5.43 Å². The Morgan fingerprint density at radius 3 is 2.58 bits per heavy atom. The molecule has 0 saturated carbocycles. The second-order valence-corrected chi connectivity index (χ2v) is 6.23. The number of hydrogen-bond acceptors (Lipinski definition) is 3. The van der Waals surface area contributed by atoms with Crippen molar-refractivity contribution in [1.29, 1.82) is 0 Å². The van der Waals surface area contributed by atoms with Crippen LogP contribution in [0, 0.1) is 0 Å². The van der Waals surface area contributed by atoms with E-state index in [4.69, 9.17) is 16.3 Å². The largest absolute Gasteiger partial charge is 0.461 e. The maximum absolute atomic E-state index is 13.2. The van der Waals surface area contributed by atoms with Crippen LogP contribution in [-0.2, 0) is 4.74 Å². The van der Waals surface area contributed by atoms with E-state index in [9.17, 15) is 9.59 Å². The summed E-state index contributed by atoms with van der Waals surface area (Å²) in [6, 6.07) is 14.3. The smallest absolute Gasteiger partial charge is 0.355 e. The summed E-state index contributed by atoms with van der Waals surface area (Å²) in [7, 11) is 0. The normalized spacial score (nSPS) is 11.2. The number of fused-ring (bicyclic) bond motifs is 2. The van der Waals surface area contributed by atoms with Gasteiger partial charge in [-0.15, -0.1) is 0 Å². The Bertz CT molecular complexity index is 1210. The molecule has 0 unspecified atom stereocenters. The van der Waals surface area contributed by atoms with Crippen molar-refractivity contribution in [3.8, 4) is 11.1 Å². The minimum atomic E-state index is -0.532. The van der Waals surface area contributed by atoms with Crippen LogP contribution in [0.5, 0.6) is 0 Å². The zero-order valence-corrected chi connectivity index (χ0v) is 14.7. The second-order valence-electron chi connectivity index (χ2n) is 5.83. The minimum absolute atomic E-state index is 0.170. The third-order valence-corrected chi connectivity index (χ3v) is 4.61. The van der Waals surface area contributed by atoms with Crippen LogP contribution in [-0.4, -0.2) is 22.5 Å². The molecule has 0 aliphatic carbocycles. The highest BCUT2D eigenvalue weighted by Gasteiger charge is 2.24. The topological polar surface area (TPSA) is 75.0 Å². The standard InChI is InChI=1S/C20H15ClN2O3/c1-2-26-20(25)17-15(11-7-3-5-9-13(11)21)16-18(24)12-8-4-6-10-14(12)22-19(16)23-17/h3-10H,2H2,1H3,(H2,22,23,24). The molecule has 6 heteroatoms. The predicted octanol–water partition coefficient (Wildman–Crippen LogP) is 4.51. The zero-order valence-electron chi connectivity index (χ0n) is 13.9. The molecule has 2 heterocycles. The van der Waals surface area contributed by atoms with Gasteiger partial charge in [-0.3, -0.25) is 4.79 Å². The first-order chi connectivity index (χ1) is 12.6. The number of ether oxygens (including phenoxy) is 1. The van der Waals surface area contributed by atoms with Crippen LogP contribution in [0.15, 0.2) is 53.3 Å². The van der Waals surface area contributed by atoms with E-state index in [0.29, 0.717) is 38.1 Å². The molecule has 0 radical (unpaired) electrons. The molecule has 4 rings (SSSR count). The minimum Gasteiger partial charge on any atom is -0.461 e. The summed E-state index contributed by atoms with van der Waals surface area (Å²) in [5, 5.41) is 1.38. The van der Waals surface area contributed by atoms with E-state index in [0.717, 1.165) is 0 Å². The van der Waals surface area contributed by atoms with E-state index in [1.54, 1.807) is 37.3 Å². The molecule has 26 heavy (non-hydrogen) atoms. The SMILES string of the molecule is CCOC(=O)c1[nH]c2[nH]c3ccccc3c(=O)c2c1-c1ccccc1Cl. The Kier molecular flexibility index (Phi) is 4.01. The molecule has 0 aliphatic rings. The van der Waals surface area contributed by atoms with Gasteiger partial charge in [-0.1, -0.05) is 41.9 Å². The van der Waals surface area contributed by atoms with Crippen molar-refractivity contribution in [3.63, 3.8) is 0 Å². The number of carbonyl (C=O) groups is 1. The molecular formula is C20H15ClN2O3. The van der Waals surface area contributed by atoms with E-state index < -0.39 is 5.97 Å². The van der Waals surface area contributed by atoms with Gasteiger partial charge < -0.3 is 14.7 Å². The summed E-state index contributed by atoms with van der Waals surface area (Å²) < 4.78 is 5.17. The third kappa shape index (κ3) is 2.48. The lowest BCUT2D eigenvalue weighted by Crippen LogP contribution is -2.07. The van der Waals surface area contributed by atoms with Crippen LogP contribution in [0.1, 0.15) is 17.4 Å². The van der Waals surface area contributed by atoms with Crippen LogP contribution in [0.25, 0.3) is 33.1 Å². The summed E-state index contributed by atoms with van der Waals surface area (Å²) in [5.41, 5.74) is 2.24. The first-order valence-electron chi connectivity index (χ1n) is 8.20. The first-order valence-corrected chi connectivity index (χ1v) is 8.58. The lowest BCUT2D eigenvalue weighted by Gasteiger charge is -2.06. The van der Waals surface area contributed by atoms with Gasteiger partial charge >= 0.3 is 5.97 Å². The van der Waals surface area contributed by atoms with Gasteiger partial charge in [-0.05, 0) is 25.1 Å². The Morgan fingerprint density at radius 2 is 1.81 bits per heavy atom. The third-order valence-electron chi connectivity index (χ3n) is 4.28. The summed E-state index contributed by atoms with van der Waals surface area (Å²) in [5.74, 6) is -0.532. The summed E-state index contributed by atoms with van der Waals surface area (Å²) in [6.45, 7) is 1.96. The Hall–Kier alpha value is -3.05. The lowest BCUT2D eigenvalue weighted by atomic mass is 10.0. The molecule has 0 bridgehead atoms. The van der Waals surface area contributed by atoms with Gasteiger partial charge in [0.1, 0.15) is 11.3 Å². The highest BCUT2D eigenvalue weighted by Crippen LogP contribution is 2.35. The number of halogens is 1. The molecule has 0 amide bonds. The molecule has 0 fully saturated rings. The van der Waals surface area contributed by atoms with Crippen LogP contribution >= 0.6 is 11.6 Å². The van der Waals surface area contributed by atoms with Crippen molar-refractivity contribution < 1.29 is 9.53 Å². The molecule has 0 atom stereocenters. The van der Waals surface area contributed by atoms with E-state index in [1.807, 2.05) is 18.2 Å². The zero-order chi connectivity index (χ0) is 18.3. The molecule has 2 N–H and O–H groups in total. The fourth-order valence-electron chi connectivity index (χ4n) is 3.17. The molecule has 0 aliphatic heterocycles. The average Bonchev–Trinajstić information content (AvgIpc) is 3.02. The second kappa shape index (κ2) is 6.35. The number of benzene rings is 2. The Morgan fingerprint density at radius 1 is 1.08 bits per heavy atom. The predicted molar refractivity (Wildman–Crippen MR) is 103 cm³/mol. The van der Waals surface area contributed by atoms with Gasteiger partial charge in [0, 0.05) is 21.5 Å². The number of H-pyrrole nitrogens is 2. The van der Waals surface area contributed by atoms with E-state index in [-0.39, 0.29) is 17.7 Å². The Labute approximate surface area is 153 Å². The summed E-state index contributed by atoms with van der Waals surface area (Å²) in [6.07, 6.45) is 0.